The molecule has 0 N–H and O–H groups in total. The molecule has 1 aromatic heterocycles. The first kappa shape index (κ1) is 13.4. The summed E-state index contributed by atoms with van der Waals surface area (Å²) in [5.41, 5.74) is 0. The Morgan fingerprint density at radius 2 is 1.68 bits per heavy atom. The van der Waals surface area contributed by atoms with Crippen molar-refractivity contribution in [3.63, 3.8) is 0 Å². The fraction of sp³-hybridized carbons (Fsp3) is 0.769. The second-order valence-corrected chi connectivity index (χ2v) is 6.86. The third-order valence-corrected chi connectivity index (χ3v) is 5.16. The van der Waals surface area contributed by atoms with Crippen molar-refractivity contribution in [1.82, 2.24) is 15.0 Å². The van der Waals surface area contributed by atoms with E-state index in [9.17, 15) is 0 Å². The maximum atomic E-state index is 6.05. The molecule has 2 fully saturated rings. The van der Waals surface area contributed by atoms with Gasteiger partial charge in [-0.25, -0.2) is 0 Å². The molecule has 0 bridgehead atoms. The van der Waals surface area contributed by atoms with Crippen LogP contribution in [0.25, 0.3) is 0 Å². The van der Waals surface area contributed by atoms with Crippen molar-refractivity contribution in [3.05, 3.63) is 5.28 Å². The third-order valence-electron chi connectivity index (χ3n) is 3.79. The fourth-order valence-corrected chi connectivity index (χ4v) is 4.11. The number of hydrogen-bond donors (Lipinski definition) is 0. The Balaban J connectivity index is 1.74. The van der Waals surface area contributed by atoms with E-state index in [1.54, 1.807) is 11.8 Å². The molecule has 0 amide bonds. The third kappa shape index (κ3) is 3.51. The van der Waals surface area contributed by atoms with Gasteiger partial charge >= 0.3 is 0 Å². The summed E-state index contributed by atoms with van der Waals surface area (Å²) in [4.78, 5) is 15.4. The van der Waals surface area contributed by atoms with E-state index in [1.807, 2.05) is 0 Å². The van der Waals surface area contributed by atoms with Crippen molar-refractivity contribution in [2.75, 3.05) is 18.0 Å². The molecular weight excluding hydrogens is 280 g/mol. The van der Waals surface area contributed by atoms with Gasteiger partial charge in [-0.05, 0) is 43.7 Å². The molecule has 0 aromatic carbocycles. The van der Waals surface area contributed by atoms with Crippen LogP contribution in [0.15, 0.2) is 5.16 Å². The van der Waals surface area contributed by atoms with E-state index in [-0.39, 0.29) is 0 Å². The van der Waals surface area contributed by atoms with Crippen molar-refractivity contribution < 1.29 is 0 Å². The predicted molar refractivity (Wildman–Crippen MR) is 79.0 cm³/mol. The summed E-state index contributed by atoms with van der Waals surface area (Å²) in [6.07, 6.45) is 8.94. The van der Waals surface area contributed by atoms with Gasteiger partial charge in [0.25, 0.3) is 0 Å². The smallest absolute Gasteiger partial charge is 0.230 e. The number of nitrogens with zero attached hydrogens (tertiary/aromatic N) is 4. The molecule has 3 rings (SSSR count). The molecule has 0 radical (unpaired) electrons. The van der Waals surface area contributed by atoms with Gasteiger partial charge in [-0.3, -0.25) is 0 Å². The predicted octanol–water partition coefficient (Wildman–Crippen LogP) is 3.55. The van der Waals surface area contributed by atoms with Crippen LogP contribution in [0.3, 0.4) is 0 Å². The summed E-state index contributed by atoms with van der Waals surface area (Å²) in [6.45, 7) is 2.07. The van der Waals surface area contributed by atoms with E-state index in [0.29, 0.717) is 10.5 Å². The molecule has 104 valence electrons. The zero-order valence-corrected chi connectivity index (χ0v) is 12.6. The Morgan fingerprint density at radius 3 is 2.42 bits per heavy atom. The van der Waals surface area contributed by atoms with E-state index in [1.165, 1.54) is 44.9 Å². The molecule has 1 saturated heterocycles. The molecule has 0 spiro atoms. The number of piperidine rings is 1. The van der Waals surface area contributed by atoms with Crippen LogP contribution in [-0.2, 0) is 0 Å². The van der Waals surface area contributed by atoms with Crippen molar-refractivity contribution in [3.8, 4) is 0 Å². The van der Waals surface area contributed by atoms with Crippen LogP contribution in [0.2, 0.25) is 5.28 Å². The lowest BCUT2D eigenvalue weighted by atomic mass is 10.1. The summed E-state index contributed by atoms with van der Waals surface area (Å²) in [5, 5.41) is 1.79. The Bertz CT molecular complexity index is 431. The molecule has 1 saturated carbocycles. The summed E-state index contributed by atoms with van der Waals surface area (Å²) in [5.74, 6) is 0.764. The monoisotopic (exact) mass is 298 g/mol. The normalized spacial score (nSPS) is 21.0. The second kappa shape index (κ2) is 6.27. The first-order chi connectivity index (χ1) is 9.31. The van der Waals surface area contributed by atoms with Gasteiger partial charge in [0.05, 0.1) is 0 Å². The molecule has 6 heteroatoms. The number of rotatable bonds is 3. The largest absolute Gasteiger partial charge is 0.341 e. The maximum Gasteiger partial charge on any atom is 0.230 e. The van der Waals surface area contributed by atoms with Crippen LogP contribution in [-0.4, -0.2) is 33.3 Å². The molecule has 2 aliphatic rings. The highest BCUT2D eigenvalue weighted by atomic mass is 35.5. The molecule has 1 aliphatic carbocycles. The lowest BCUT2D eigenvalue weighted by Crippen LogP contribution is -2.31. The van der Waals surface area contributed by atoms with Crippen molar-refractivity contribution in [2.24, 2.45) is 0 Å². The van der Waals surface area contributed by atoms with E-state index >= 15 is 0 Å². The Hall–Kier alpha value is -0.550. The average molecular weight is 299 g/mol. The highest BCUT2D eigenvalue weighted by Gasteiger charge is 2.20. The summed E-state index contributed by atoms with van der Waals surface area (Å²) >= 11 is 7.82. The highest BCUT2D eigenvalue weighted by Crippen LogP contribution is 2.33. The van der Waals surface area contributed by atoms with Gasteiger partial charge in [-0.2, -0.15) is 15.0 Å². The van der Waals surface area contributed by atoms with Crippen molar-refractivity contribution in [2.45, 2.75) is 55.4 Å². The fourth-order valence-electron chi connectivity index (χ4n) is 2.77. The molecule has 1 aliphatic heterocycles. The van der Waals surface area contributed by atoms with Crippen LogP contribution in [0, 0.1) is 0 Å². The summed E-state index contributed by atoms with van der Waals surface area (Å²) in [7, 11) is 0. The minimum absolute atomic E-state index is 0.330. The Labute approximate surface area is 123 Å². The van der Waals surface area contributed by atoms with E-state index < -0.39 is 0 Å². The average Bonchev–Trinajstić information content (AvgIpc) is 2.92. The number of aromatic nitrogens is 3. The van der Waals surface area contributed by atoms with E-state index in [4.69, 9.17) is 11.6 Å². The van der Waals surface area contributed by atoms with Gasteiger partial charge in [0.2, 0.25) is 11.2 Å². The van der Waals surface area contributed by atoms with Gasteiger partial charge in [-0.1, -0.05) is 24.6 Å². The quantitative estimate of drug-likeness (QED) is 0.853. The standard InChI is InChI=1S/C13H19ClN4S/c14-11-15-12(18-8-4-1-5-9-18)17-13(16-11)19-10-6-2-3-7-10/h10H,1-9H2. The summed E-state index contributed by atoms with van der Waals surface area (Å²) in [6, 6.07) is 0. The van der Waals surface area contributed by atoms with Crippen molar-refractivity contribution in [1.29, 1.82) is 0 Å². The first-order valence-electron chi connectivity index (χ1n) is 7.14. The van der Waals surface area contributed by atoms with E-state index in [0.717, 1.165) is 24.2 Å². The van der Waals surface area contributed by atoms with Crippen LogP contribution >= 0.6 is 23.4 Å². The minimum atomic E-state index is 0.330. The Morgan fingerprint density at radius 1 is 0.947 bits per heavy atom. The van der Waals surface area contributed by atoms with Gasteiger partial charge < -0.3 is 4.90 Å². The number of hydrogen-bond acceptors (Lipinski definition) is 5. The first-order valence-corrected chi connectivity index (χ1v) is 8.40. The number of halogens is 1. The lowest BCUT2D eigenvalue weighted by Gasteiger charge is -2.26. The zero-order chi connectivity index (χ0) is 13.1. The molecule has 19 heavy (non-hydrogen) atoms. The topological polar surface area (TPSA) is 41.9 Å². The van der Waals surface area contributed by atoms with Gasteiger partial charge in [0.15, 0.2) is 5.16 Å². The van der Waals surface area contributed by atoms with Crippen LogP contribution < -0.4 is 4.90 Å². The molecule has 4 nitrogen and oxygen atoms in total. The lowest BCUT2D eigenvalue weighted by molar-refractivity contribution is 0.564. The number of anilines is 1. The van der Waals surface area contributed by atoms with Crippen molar-refractivity contribution >= 4 is 29.3 Å². The van der Waals surface area contributed by atoms with Crippen LogP contribution in [0.5, 0.6) is 0 Å². The number of thioether (sulfide) groups is 1. The van der Waals surface area contributed by atoms with Gasteiger partial charge in [0.1, 0.15) is 0 Å². The minimum Gasteiger partial charge on any atom is -0.341 e. The molecule has 0 unspecified atom stereocenters. The van der Waals surface area contributed by atoms with Crippen LogP contribution in [0.1, 0.15) is 44.9 Å². The molecular formula is C13H19ClN4S. The summed E-state index contributed by atoms with van der Waals surface area (Å²) < 4.78 is 0. The molecule has 0 atom stereocenters. The van der Waals surface area contributed by atoms with Gasteiger partial charge in [0, 0.05) is 18.3 Å². The van der Waals surface area contributed by atoms with Crippen LogP contribution in [0.4, 0.5) is 5.95 Å². The highest BCUT2D eigenvalue weighted by molar-refractivity contribution is 7.99. The molecule has 2 heterocycles. The second-order valence-electron chi connectivity index (χ2n) is 5.26. The zero-order valence-electron chi connectivity index (χ0n) is 11.0. The SMILES string of the molecule is Clc1nc(SC2CCCC2)nc(N2CCCCC2)n1. The Kier molecular flexibility index (Phi) is 4.43. The van der Waals surface area contributed by atoms with Gasteiger partial charge in [-0.15, -0.1) is 0 Å². The molecule has 1 aromatic rings. The van der Waals surface area contributed by atoms with E-state index in [2.05, 4.69) is 19.9 Å². The maximum absolute atomic E-state index is 6.05.